The Bertz CT molecular complexity index is 861. The first-order chi connectivity index (χ1) is 11.2. The third-order valence-electron chi connectivity index (χ3n) is 5.23. The molecule has 5 heteroatoms. The second-order valence-corrected chi connectivity index (χ2v) is 6.56. The maximum Gasteiger partial charge on any atom is 0.377 e. The molecule has 0 unspecified atom stereocenters. The predicted molar refractivity (Wildman–Crippen MR) is 87.5 cm³/mol. The summed E-state index contributed by atoms with van der Waals surface area (Å²) in [6.07, 6.45) is 9.92. The summed E-state index contributed by atoms with van der Waals surface area (Å²) >= 11 is 0. The molecule has 0 bridgehead atoms. The van der Waals surface area contributed by atoms with Crippen LogP contribution in [-0.2, 0) is 26.9 Å². The Morgan fingerprint density at radius 1 is 1.00 bits per heavy atom. The molecule has 0 saturated carbocycles. The minimum absolute atomic E-state index is 0.250. The van der Waals surface area contributed by atoms with Crippen LogP contribution in [0.4, 0.5) is 0 Å². The molecule has 0 saturated heterocycles. The van der Waals surface area contributed by atoms with E-state index in [1.807, 2.05) is 18.7 Å². The average Bonchev–Trinajstić information content (AvgIpc) is 2.55. The van der Waals surface area contributed by atoms with Crippen molar-refractivity contribution in [3.05, 3.63) is 65.5 Å². The Morgan fingerprint density at radius 3 is 2.78 bits per heavy atom. The van der Waals surface area contributed by atoms with Gasteiger partial charge in [-0.25, -0.2) is 9.13 Å². The van der Waals surface area contributed by atoms with E-state index in [-0.39, 0.29) is 6.71 Å². The SMILES string of the molecule is C[n+]1cncc2c1B1c3c(ccnc3Cc3ccc[n+](C)c31)C2. The van der Waals surface area contributed by atoms with Crippen LogP contribution < -0.4 is 25.8 Å². The lowest BCUT2D eigenvalue weighted by Gasteiger charge is -2.28. The summed E-state index contributed by atoms with van der Waals surface area (Å²) in [6, 6.07) is 6.54. The summed E-state index contributed by atoms with van der Waals surface area (Å²) in [5.74, 6) is 0. The largest absolute Gasteiger partial charge is 0.377 e. The molecule has 2 aliphatic rings. The maximum absolute atomic E-state index is 4.71. The van der Waals surface area contributed by atoms with Gasteiger partial charge < -0.3 is 0 Å². The van der Waals surface area contributed by atoms with Crippen molar-refractivity contribution >= 4 is 23.4 Å². The van der Waals surface area contributed by atoms with Gasteiger partial charge in [-0.05, 0) is 23.2 Å². The van der Waals surface area contributed by atoms with Gasteiger partial charge in [0.2, 0.25) is 0 Å². The van der Waals surface area contributed by atoms with Crippen LogP contribution in [0.5, 0.6) is 0 Å². The topological polar surface area (TPSA) is 33.5 Å². The minimum Gasteiger partial charge on any atom is -0.261 e. The van der Waals surface area contributed by atoms with Gasteiger partial charge in [-0.15, -0.1) is 0 Å². The number of nitrogens with zero attached hydrogens (tertiary/aromatic N) is 4. The Balaban J connectivity index is 1.91. The van der Waals surface area contributed by atoms with Crippen molar-refractivity contribution in [3.8, 4) is 0 Å². The van der Waals surface area contributed by atoms with Crippen molar-refractivity contribution in [3.63, 3.8) is 0 Å². The van der Waals surface area contributed by atoms with E-state index in [0.29, 0.717) is 0 Å². The number of aromatic nitrogens is 4. The third-order valence-corrected chi connectivity index (χ3v) is 5.23. The molecule has 3 aromatic heterocycles. The Morgan fingerprint density at radius 2 is 1.87 bits per heavy atom. The molecule has 0 radical (unpaired) electrons. The van der Waals surface area contributed by atoms with Crippen LogP contribution in [0.25, 0.3) is 0 Å². The summed E-state index contributed by atoms with van der Waals surface area (Å²) in [7, 11) is 4.25. The fraction of sp³-hybridized carbons (Fsp3) is 0.222. The highest BCUT2D eigenvalue weighted by molar-refractivity contribution is 6.95. The van der Waals surface area contributed by atoms with E-state index in [1.54, 1.807) is 0 Å². The quantitative estimate of drug-likeness (QED) is 0.256. The van der Waals surface area contributed by atoms with Crippen LogP contribution >= 0.6 is 0 Å². The van der Waals surface area contributed by atoms with Crippen LogP contribution in [0.1, 0.15) is 22.4 Å². The lowest BCUT2D eigenvalue weighted by atomic mass is 9.34. The number of aryl methyl sites for hydroxylation is 2. The van der Waals surface area contributed by atoms with Gasteiger partial charge in [0.1, 0.15) is 13.2 Å². The molecule has 0 fully saturated rings. The number of pyridine rings is 2. The molecule has 110 valence electrons. The van der Waals surface area contributed by atoms with Gasteiger partial charge in [0.25, 0.3) is 6.33 Å². The van der Waals surface area contributed by atoms with E-state index in [0.717, 1.165) is 12.8 Å². The van der Waals surface area contributed by atoms with Crippen molar-refractivity contribution in [2.75, 3.05) is 0 Å². The molecule has 5 rings (SSSR count). The summed E-state index contributed by atoms with van der Waals surface area (Å²) in [5, 5.41) is 0. The van der Waals surface area contributed by atoms with E-state index in [2.05, 4.69) is 52.6 Å². The molecule has 2 aliphatic heterocycles. The molecule has 4 nitrogen and oxygen atoms in total. The molecule has 3 aromatic rings. The van der Waals surface area contributed by atoms with Gasteiger partial charge in [0.15, 0.2) is 11.8 Å². The highest BCUT2D eigenvalue weighted by Gasteiger charge is 2.46. The van der Waals surface area contributed by atoms with E-state index in [1.165, 1.54) is 39.0 Å². The van der Waals surface area contributed by atoms with Gasteiger partial charge >= 0.3 is 6.71 Å². The van der Waals surface area contributed by atoms with E-state index >= 15 is 0 Å². The fourth-order valence-electron chi connectivity index (χ4n) is 4.32. The molecular formula is C18H17BN4+2. The summed E-state index contributed by atoms with van der Waals surface area (Å²) < 4.78 is 4.46. The van der Waals surface area contributed by atoms with Gasteiger partial charge in [-0.3, -0.25) is 4.98 Å². The van der Waals surface area contributed by atoms with Crippen molar-refractivity contribution in [2.45, 2.75) is 12.8 Å². The maximum atomic E-state index is 4.71. The first-order valence-electron chi connectivity index (χ1n) is 8.00. The number of rotatable bonds is 0. The fourth-order valence-corrected chi connectivity index (χ4v) is 4.32. The zero-order valence-electron chi connectivity index (χ0n) is 13.3. The highest BCUT2D eigenvalue weighted by atomic mass is 15.0. The predicted octanol–water partition coefficient (Wildman–Crippen LogP) is -1.55. The first kappa shape index (κ1) is 12.9. The molecular weight excluding hydrogens is 283 g/mol. The molecule has 0 atom stereocenters. The van der Waals surface area contributed by atoms with Crippen LogP contribution in [0.2, 0.25) is 0 Å². The van der Waals surface area contributed by atoms with Crippen LogP contribution in [-0.4, -0.2) is 16.7 Å². The second kappa shape index (κ2) is 4.48. The van der Waals surface area contributed by atoms with Crippen molar-refractivity contribution in [2.24, 2.45) is 14.1 Å². The lowest BCUT2D eigenvalue weighted by Crippen LogP contribution is -2.75. The smallest absolute Gasteiger partial charge is 0.261 e. The van der Waals surface area contributed by atoms with Gasteiger partial charge in [-0.1, -0.05) is 4.98 Å². The lowest BCUT2D eigenvalue weighted by molar-refractivity contribution is -0.660. The highest BCUT2D eigenvalue weighted by Crippen LogP contribution is 2.18. The number of hydrogen-bond donors (Lipinski definition) is 0. The standard InChI is InChI=1S/C18H17BN4/c1-22-7-3-4-13-9-15-16-12(5-6-21-15)8-14-10-20-11-23(2)18(14)19(16)17(13)22/h3-7,10-11H,8-9H2,1-2H3/q+2. The normalized spacial score (nSPS) is 14.1. The van der Waals surface area contributed by atoms with E-state index < -0.39 is 0 Å². The molecule has 0 spiro atoms. The van der Waals surface area contributed by atoms with Gasteiger partial charge in [-0.2, -0.15) is 0 Å². The zero-order chi connectivity index (χ0) is 15.6. The number of fused-ring (bicyclic) bond motifs is 4. The molecule has 5 heterocycles. The molecule has 0 aromatic carbocycles. The molecule has 0 aliphatic carbocycles. The number of hydrogen-bond acceptors (Lipinski definition) is 2. The Kier molecular flexibility index (Phi) is 2.52. The molecule has 0 amide bonds. The molecule has 23 heavy (non-hydrogen) atoms. The monoisotopic (exact) mass is 300 g/mol. The van der Waals surface area contributed by atoms with E-state index in [4.69, 9.17) is 4.98 Å². The van der Waals surface area contributed by atoms with Crippen LogP contribution in [0, 0.1) is 0 Å². The third kappa shape index (κ3) is 1.67. The zero-order valence-corrected chi connectivity index (χ0v) is 13.3. The van der Waals surface area contributed by atoms with Crippen LogP contribution in [0.15, 0.2) is 43.1 Å². The Hall–Kier alpha value is -2.56. The van der Waals surface area contributed by atoms with Crippen molar-refractivity contribution in [1.29, 1.82) is 0 Å². The van der Waals surface area contributed by atoms with Crippen molar-refractivity contribution in [1.82, 2.24) is 9.97 Å². The minimum atomic E-state index is 0.250. The van der Waals surface area contributed by atoms with Crippen LogP contribution in [0.3, 0.4) is 0 Å². The summed E-state index contributed by atoms with van der Waals surface area (Å²) in [6.45, 7) is 0.250. The van der Waals surface area contributed by atoms with Crippen molar-refractivity contribution < 1.29 is 9.13 Å². The summed E-state index contributed by atoms with van der Waals surface area (Å²) in [4.78, 5) is 9.11. The Labute approximate surface area is 135 Å². The van der Waals surface area contributed by atoms with Gasteiger partial charge in [0.05, 0.1) is 12.6 Å². The van der Waals surface area contributed by atoms with E-state index in [9.17, 15) is 0 Å². The second-order valence-electron chi connectivity index (χ2n) is 6.56. The summed E-state index contributed by atoms with van der Waals surface area (Å²) in [5.41, 5.74) is 9.48. The first-order valence-corrected chi connectivity index (χ1v) is 8.00. The average molecular weight is 300 g/mol. The van der Waals surface area contributed by atoms with Gasteiger partial charge in [0, 0.05) is 41.9 Å². The molecule has 0 N–H and O–H groups in total.